The molecule has 0 saturated heterocycles. The lowest BCUT2D eigenvalue weighted by Gasteiger charge is -2.12. The van der Waals surface area contributed by atoms with Crippen LogP contribution in [0, 0.1) is 13.8 Å². The largest absolute Gasteiger partial charge is 0.475 e. The molecule has 0 radical (unpaired) electrons. The summed E-state index contributed by atoms with van der Waals surface area (Å²) >= 11 is 7.68. The molecule has 1 heterocycles. The molecule has 0 bridgehead atoms. The number of aromatic nitrogens is 2. The summed E-state index contributed by atoms with van der Waals surface area (Å²) in [6.45, 7) is 3.78. The molecule has 0 fully saturated rings. The lowest BCUT2D eigenvalue weighted by molar-refractivity contribution is 0.0682. The first-order valence-electron chi connectivity index (χ1n) is 6.32. The number of rotatable bonds is 4. The minimum absolute atomic E-state index is 0.171. The maximum absolute atomic E-state index is 11.0. The SMILES string of the molecule is CSc1nc(C(=O)O)nc(C)c1Cc1ccc(C)cc1Cl. The number of aryl methyl sites for hydroxylation is 2. The molecule has 21 heavy (non-hydrogen) atoms. The Morgan fingerprint density at radius 3 is 2.62 bits per heavy atom. The molecule has 0 atom stereocenters. The Morgan fingerprint density at radius 1 is 1.33 bits per heavy atom. The molecule has 0 aliphatic carbocycles. The summed E-state index contributed by atoms with van der Waals surface area (Å²) in [5.74, 6) is -1.29. The van der Waals surface area contributed by atoms with E-state index in [1.807, 2.05) is 31.4 Å². The monoisotopic (exact) mass is 322 g/mol. The summed E-state index contributed by atoms with van der Waals surface area (Å²) in [6.07, 6.45) is 2.45. The summed E-state index contributed by atoms with van der Waals surface area (Å²) in [6, 6.07) is 5.89. The highest BCUT2D eigenvalue weighted by Crippen LogP contribution is 2.27. The maximum atomic E-state index is 11.0. The quantitative estimate of drug-likeness (QED) is 0.686. The van der Waals surface area contributed by atoms with Crippen molar-refractivity contribution in [1.29, 1.82) is 0 Å². The zero-order chi connectivity index (χ0) is 15.6. The fraction of sp³-hybridized carbons (Fsp3) is 0.267. The van der Waals surface area contributed by atoms with Gasteiger partial charge in [-0.05, 0) is 37.3 Å². The lowest BCUT2D eigenvalue weighted by Crippen LogP contribution is -2.10. The predicted molar refractivity (Wildman–Crippen MR) is 84.5 cm³/mol. The molecule has 1 aromatic heterocycles. The van der Waals surface area contributed by atoms with Crippen LogP contribution in [0.1, 0.15) is 33.0 Å². The Morgan fingerprint density at radius 2 is 2.05 bits per heavy atom. The summed E-state index contributed by atoms with van der Waals surface area (Å²) < 4.78 is 0. The van der Waals surface area contributed by atoms with Crippen LogP contribution in [0.4, 0.5) is 0 Å². The summed E-state index contributed by atoms with van der Waals surface area (Å²) in [7, 11) is 0. The highest BCUT2D eigenvalue weighted by molar-refractivity contribution is 7.98. The van der Waals surface area contributed by atoms with Crippen molar-refractivity contribution in [3.63, 3.8) is 0 Å². The zero-order valence-corrected chi connectivity index (χ0v) is 13.5. The topological polar surface area (TPSA) is 63.1 Å². The Labute approximate surface area is 132 Å². The van der Waals surface area contributed by atoms with Gasteiger partial charge in [0.1, 0.15) is 5.03 Å². The minimum Gasteiger partial charge on any atom is -0.475 e. The molecule has 2 rings (SSSR count). The van der Waals surface area contributed by atoms with Crippen LogP contribution >= 0.6 is 23.4 Å². The zero-order valence-electron chi connectivity index (χ0n) is 12.0. The van der Waals surface area contributed by atoms with Crippen molar-refractivity contribution in [2.75, 3.05) is 6.26 Å². The highest BCUT2D eigenvalue weighted by atomic mass is 35.5. The molecule has 0 aliphatic rings. The standard InChI is InChI=1S/C15H15ClN2O2S/c1-8-4-5-10(12(16)6-8)7-11-9(2)17-13(15(19)20)18-14(11)21-3/h4-6H,7H2,1-3H3,(H,19,20). The number of hydrogen-bond donors (Lipinski definition) is 1. The smallest absolute Gasteiger partial charge is 0.373 e. The van der Waals surface area contributed by atoms with E-state index < -0.39 is 5.97 Å². The fourth-order valence-corrected chi connectivity index (χ4v) is 2.97. The van der Waals surface area contributed by atoms with Gasteiger partial charge in [0.25, 0.3) is 0 Å². The van der Waals surface area contributed by atoms with Gasteiger partial charge in [0.15, 0.2) is 0 Å². The summed E-state index contributed by atoms with van der Waals surface area (Å²) in [5.41, 5.74) is 3.66. The van der Waals surface area contributed by atoms with Gasteiger partial charge in [0, 0.05) is 22.7 Å². The third kappa shape index (κ3) is 3.54. The van der Waals surface area contributed by atoms with E-state index in [1.165, 1.54) is 11.8 Å². The maximum Gasteiger partial charge on any atom is 0.373 e. The molecule has 6 heteroatoms. The number of aromatic carboxylic acids is 1. The molecule has 4 nitrogen and oxygen atoms in total. The molecule has 110 valence electrons. The number of nitrogens with zero attached hydrogens (tertiary/aromatic N) is 2. The van der Waals surface area contributed by atoms with Crippen LogP contribution in [-0.2, 0) is 6.42 Å². The Hall–Kier alpha value is -1.59. The van der Waals surface area contributed by atoms with E-state index in [0.717, 1.165) is 16.7 Å². The summed E-state index contributed by atoms with van der Waals surface area (Å²) in [4.78, 5) is 19.2. The van der Waals surface area contributed by atoms with Gasteiger partial charge in [0.2, 0.25) is 5.82 Å². The van der Waals surface area contributed by atoms with Crippen molar-refractivity contribution < 1.29 is 9.90 Å². The van der Waals surface area contributed by atoms with Crippen molar-refractivity contribution in [3.8, 4) is 0 Å². The van der Waals surface area contributed by atoms with Crippen molar-refractivity contribution in [2.45, 2.75) is 25.3 Å². The Balaban J connectivity index is 2.46. The minimum atomic E-state index is -1.12. The second-order valence-corrected chi connectivity index (χ2v) is 5.90. The first-order valence-corrected chi connectivity index (χ1v) is 7.92. The molecule has 1 aromatic carbocycles. The van der Waals surface area contributed by atoms with Gasteiger partial charge >= 0.3 is 5.97 Å². The third-order valence-corrected chi connectivity index (χ3v) is 4.21. The van der Waals surface area contributed by atoms with E-state index >= 15 is 0 Å². The second-order valence-electron chi connectivity index (χ2n) is 4.70. The molecule has 0 amide bonds. The van der Waals surface area contributed by atoms with Crippen molar-refractivity contribution in [3.05, 3.63) is 51.4 Å². The van der Waals surface area contributed by atoms with E-state index in [1.54, 1.807) is 6.92 Å². The van der Waals surface area contributed by atoms with Gasteiger partial charge < -0.3 is 5.11 Å². The predicted octanol–water partition coefficient (Wildman–Crippen LogP) is 3.76. The highest BCUT2D eigenvalue weighted by Gasteiger charge is 2.16. The van der Waals surface area contributed by atoms with Crippen LogP contribution in [0.2, 0.25) is 5.02 Å². The van der Waals surface area contributed by atoms with Crippen molar-refractivity contribution in [2.24, 2.45) is 0 Å². The van der Waals surface area contributed by atoms with Gasteiger partial charge in [-0.25, -0.2) is 14.8 Å². The number of thioether (sulfide) groups is 1. The molecule has 2 aromatic rings. The number of carboxylic acid groups (broad SMARTS) is 1. The molecule has 0 unspecified atom stereocenters. The molecule has 0 spiro atoms. The van der Waals surface area contributed by atoms with Gasteiger partial charge in [-0.3, -0.25) is 0 Å². The molecule has 1 N–H and O–H groups in total. The first-order chi connectivity index (χ1) is 9.92. The van der Waals surface area contributed by atoms with Crippen LogP contribution in [0.15, 0.2) is 23.2 Å². The van der Waals surface area contributed by atoms with Crippen LogP contribution in [0.25, 0.3) is 0 Å². The molecular formula is C15H15ClN2O2S. The average molecular weight is 323 g/mol. The van der Waals surface area contributed by atoms with E-state index in [2.05, 4.69) is 9.97 Å². The number of carbonyl (C=O) groups is 1. The molecule has 0 saturated carbocycles. The van der Waals surface area contributed by atoms with Gasteiger partial charge in [-0.15, -0.1) is 11.8 Å². The van der Waals surface area contributed by atoms with Crippen molar-refractivity contribution in [1.82, 2.24) is 9.97 Å². The number of benzene rings is 1. The molecular weight excluding hydrogens is 308 g/mol. The van der Waals surface area contributed by atoms with Crippen LogP contribution in [0.5, 0.6) is 0 Å². The third-order valence-electron chi connectivity index (χ3n) is 3.14. The molecule has 0 aliphatic heterocycles. The van der Waals surface area contributed by atoms with Crippen LogP contribution in [-0.4, -0.2) is 27.3 Å². The number of hydrogen-bond acceptors (Lipinski definition) is 4. The van der Waals surface area contributed by atoms with Gasteiger partial charge in [0.05, 0.1) is 0 Å². The van der Waals surface area contributed by atoms with Crippen LogP contribution < -0.4 is 0 Å². The second kappa shape index (κ2) is 6.45. The first kappa shape index (κ1) is 15.8. The average Bonchev–Trinajstić information content (AvgIpc) is 2.42. The fourth-order valence-electron chi connectivity index (χ4n) is 2.02. The van der Waals surface area contributed by atoms with Gasteiger partial charge in [-0.2, -0.15) is 0 Å². The normalized spacial score (nSPS) is 10.7. The van der Waals surface area contributed by atoms with E-state index in [9.17, 15) is 4.79 Å². The van der Waals surface area contributed by atoms with E-state index in [0.29, 0.717) is 22.2 Å². The summed E-state index contributed by atoms with van der Waals surface area (Å²) in [5, 5.41) is 10.4. The van der Waals surface area contributed by atoms with Crippen LogP contribution in [0.3, 0.4) is 0 Å². The Kier molecular flexibility index (Phi) is 4.85. The lowest BCUT2D eigenvalue weighted by atomic mass is 10.0. The van der Waals surface area contributed by atoms with Gasteiger partial charge in [-0.1, -0.05) is 23.7 Å². The van der Waals surface area contributed by atoms with E-state index in [-0.39, 0.29) is 5.82 Å². The number of halogens is 1. The van der Waals surface area contributed by atoms with E-state index in [4.69, 9.17) is 16.7 Å². The van der Waals surface area contributed by atoms with Crippen molar-refractivity contribution >= 4 is 29.3 Å². The number of carboxylic acids is 1. The Bertz CT molecular complexity index is 704.